The average Bonchev–Trinajstić information content (AvgIpc) is 3.23. The maximum atomic E-state index is 14.2. The fourth-order valence-electron chi connectivity index (χ4n) is 3.37. The van der Waals surface area contributed by atoms with Crippen molar-refractivity contribution in [3.63, 3.8) is 0 Å². The highest BCUT2D eigenvalue weighted by Crippen LogP contribution is 2.25. The van der Waals surface area contributed by atoms with Crippen LogP contribution in [0.4, 0.5) is 13.2 Å². The van der Waals surface area contributed by atoms with Gasteiger partial charge in [0.1, 0.15) is 28.7 Å². The van der Waals surface area contributed by atoms with Crippen molar-refractivity contribution in [1.29, 1.82) is 0 Å². The van der Waals surface area contributed by atoms with Gasteiger partial charge in [0.2, 0.25) is 0 Å². The number of fused-ring (bicyclic) bond motifs is 1. The fraction of sp³-hybridized carbons (Fsp3) is 0.190. The molecular formula is C21H18F3N5O. The number of rotatable bonds is 5. The molecule has 1 N–H and O–H groups in total. The van der Waals surface area contributed by atoms with Gasteiger partial charge in [-0.25, -0.2) is 18.2 Å². The molecule has 4 aromatic rings. The largest absolute Gasteiger partial charge is 0.351 e. The summed E-state index contributed by atoms with van der Waals surface area (Å²) in [5.41, 5.74) is 1.27. The summed E-state index contributed by atoms with van der Waals surface area (Å²) in [6.07, 6.45) is 1.84. The van der Waals surface area contributed by atoms with Crippen molar-refractivity contribution in [3.8, 4) is 11.3 Å². The number of halogens is 3. The first-order valence-corrected chi connectivity index (χ1v) is 9.22. The number of imidazole rings is 1. The average molecular weight is 413 g/mol. The summed E-state index contributed by atoms with van der Waals surface area (Å²) >= 11 is 0. The number of hydrogen-bond donors (Lipinski definition) is 1. The number of nitrogens with zero attached hydrogens (tertiary/aromatic N) is 4. The molecule has 2 heterocycles. The molecule has 0 spiro atoms. The maximum absolute atomic E-state index is 14.2. The Kier molecular flexibility index (Phi) is 5.03. The zero-order valence-corrected chi connectivity index (χ0v) is 16.3. The van der Waals surface area contributed by atoms with Crippen LogP contribution in [-0.2, 0) is 20.5 Å². The number of para-hydroxylation sites is 1. The number of aryl methyl sites for hydroxylation is 2. The van der Waals surface area contributed by atoms with Gasteiger partial charge in [-0.15, -0.1) is 0 Å². The Bertz CT molecular complexity index is 1260. The van der Waals surface area contributed by atoms with Crippen molar-refractivity contribution in [2.45, 2.75) is 6.42 Å². The van der Waals surface area contributed by atoms with Gasteiger partial charge >= 0.3 is 0 Å². The SMILES string of the molecule is Cn1cc(C(=O)NCCc2nc3c(F)cccc3n2C)c(-c2ccc(F)cc2F)n1. The Morgan fingerprint density at radius 3 is 2.63 bits per heavy atom. The Labute approximate surface area is 170 Å². The highest BCUT2D eigenvalue weighted by molar-refractivity contribution is 5.99. The van der Waals surface area contributed by atoms with Crippen LogP contribution in [0.2, 0.25) is 0 Å². The van der Waals surface area contributed by atoms with Crippen LogP contribution < -0.4 is 5.32 Å². The molecule has 0 atom stereocenters. The summed E-state index contributed by atoms with van der Waals surface area (Å²) in [6.45, 7) is 0.234. The smallest absolute Gasteiger partial charge is 0.255 e. The van der Waals surface area contributed by atoms with E-state index in [2.05, 4.69) is 15.4 Å². The normalized spacial score (nSPS) is 11.2. The Hall–Kier alpha value is -3.62. The first kappa shape index (κ1) is 19.7. The number of nitrogens with one attached hydrogen (secondary N) is 1. The summed E-state index contributed by atoms with van der Waals surface area (Å²) in [5, 5.41) is 6.90. The van der Waals surface area contributed by atoms with Crippen LogP contribution in [0.25, 0.3) is 22.3 Å². The van der Waals surface area contributed by atoms with Crippen LogP contribution in [0.5, 0.6) is 0 Å². The molecule has 0 aliphatic rings. The summed E-state index contributed by atoms with van der Waals surface area (Å²) < 4.78 is 44.5. The number of amides is 1. The monoisotopic (exact) mass is 413 g/mol. The number of carbonyl (C=O) groups is 1. The van der Waals surface area contributed by atoms with Crippen LogP contribution in [0.3, 0.4) is 0 Å². The molecule has 0 radical (unpaired) electrons. The zero-order chi connectivity index (χ0) is 21.4. The van der Waals surface area contributed by atoms with Crippen LogP contribution in [-0.4, -0.2) is 31.8 Å². The summed E-state index contributed by atoms with van der Waals surface area (Å²) in [4.78, 5) is 17.0. The lowest BCUT2D eigenvalue weighted by Gasteiger charge is -2.07. The molecule has 0 saturated carbocycles. The molecule has 2 aromatic heterocycles. The van der Waals surface area contributed by atoms with Gasteiger partial charge in [-0.05, 0) is 24.3 Å². The zero-order valence-electron chi connectivity index (χ0n) is 16.3. The van der Waals surface area contributed by atoms with Gasteiger partial charge in [-0.3, -0.25) is 9.48 Å². The van der Waals surface area contributed by atoms with Crippen LogP contribution in [0.1, 0.15) is 16.2 Å². The van der Waals surface area contributed by atoms with E-state index in [1.165, 1.54) is 23.0 Å². The minimum atomic E-state index is -0.801. The molecule has 4 rings (SSSR count). The molecule has 6 nitrogen and oxygen atoms in total. The van der Waals surface area contributed by atoms with Crippen molar-refractivity contribution < 1.29 is 18.0 Å². The van der Waals surface area contributed by atoms with Crippen molar-refractivity contribution in [3.05, 3.63) is 71.4 Å². The van der Waals surface area contributed by atoms with Crippen molar-refractivity contribution in [2.75, 3.05) is 6.54 Å². The lowest BCUT2D eigenvalue weighted by molar-refractivity contribution is 0.0954. The van der Waals surface area contributed by atoms with Crippen molar-refractivity contribution >= 4 is 16.9 Å². The third-order valence-corrected chi connectivity index (χ3v) is 4.85. The standard InChI is InChI=1S/C21H18F3N5O/c1-28-11-14(19(27-28)13-7-6-12(22)10-16(13)24)21(30)25-9-8-18-26-20-15(23)4-3-5-17(20)29(18)2/h3-7,10-11H,8-9H2,1-2H3,(H,25,30). The van der Waals surface area contributed by atoms with E-state index in [1.54, 1.807) is 30.8 Å². The Balaban J connectivity index is 1.52. The predicted octanol–water partition coefficient (Wildman–Crippen LogP) is 3.36. The molecule has 9 heteroatoms. The van der Waals surface area contributed by atoms with E-state index >= 15 is 0 Å². The van der Waals surface area contributed by atoms with Crippen LogP contribution >= 0.6 is 0 Å². The molecule has 0 bridgehead atoms. The van der Waals surface area contributed by atoms with Crippen LogP contribution in [0.15, 0.2) is 42.6 Å². The number of benzene rings is 2. The highest BCUT2D eigenvalue weighted by Gasteiger charge is 2.20. The summed E-state index contributed by atoms with van der Waals surface area (Å²) in [5.74, 6) is -1.75. The van der Waals surface area contributed by atoms with E-state index in [4.69, 9.17) is 0 Å². The molecule has 0 unspecified atom stereocenters. The third-order valence-electron chi connectivity index (χ3n) is 4.85. The van der Waals surface area contributed by atoms with Crippen molar-refractivity contribution in [2.24, 2.45) is 14.1 Å². The van der Waals surface area contributed by atoms with E-state index < -0.39 is 23.4 Å². The lowest BCUT2D eigenvalue weighted by atomic mass is 10.1. The molecule has 0 aliphatic heterocycles. The Morgan fingerprint density at radius 1 is 1.10 bits per heavy atom. The first-order chi connectivity index (χ1) is 14.3. The molecule has 0 saturated heterocycles. The molecule has 0 aliphatic carbocycles. The van der Waals surface area contributed by atoms with Gasteiger partial charge in [-0.2, -0.15) is 5.10 Å². The third kappa shape index (κ3) is 3.54. The molecule has 2 aromatic carbocycles. The van der Waals surface area contributed by atoms with Gasteiger partial charge in [-0.1, -0.05) is 6.07 Å². The van der Waals surface area contributed by atoms with E-state index in [0.29, 0.717) is 17.8 Å². The first-order valence-electron chi connectivity index (χ1n) is 9.22. The number of carbonyl (C=O) groups excluding carboxylic acids is 1. The van der Waals surface area contributed by atoms with Gasteiger partial charge in [0.05, 0.1) is 11.1 Å². The fourth-order valence-corrected chi connectivity index (χ4v) is 3.37. The molecule has 30 heavy (non-hydrogen) atoms. The van der Waals surface area contributed by atoms with Gasteiger partial charge in [0.15, 0.2) is 5.82 Å². The van der Waals surface area contributed by atoms with Gasteiger partial charge in [0.25, 0.3) is 5.91 Å². The lowest BCUT2D eigenvalue weighted by Crippen LogP contribution is -2.26. The number of hydrogen-bond acceptors (Lipinski definition) is 3. The second kappa shape index (κ2) is 7.66. The second-order valence-electron chi connectivity index (χ2n) is 6.89. The van der Waals surface area contributed by atoms with E-state index in [0.717, 1.165) is 12.1 Å². The van der Waals surface area contributed by atoms with Gasteiger partial charge < -0.3 is 9.88 Å². The van der Waals surface area contributed by atoms with Crippen LogP contribution in [0, 0.1) is 17.5 Å². The van der Waals surface area contributed by atoms with E-state index in [-0.39, 0.29) is 28.9 Å². The summed E-state index contributed by atoms with van der Waals surface area (Å²) in [6, 6.07) is 7.84. The second-order valence-corrected chi connectivity index (χ2v) is 6.89. The molecule has 0 fully saturated rings. The maximum Gasteiger partial charge on any atom is 0.255 e. The quantitative estimate of drug-likeness (QED) is 0.546. The van der Waals surface area contributed by atoms with E-state index in [9.17, 15) is 18.0 Å². The van der Waals surface area contributed by atoms with E-state index in [1.807, 2.05) is 0 Å². The van der Waals surface area contributed by atoms with Gasteiger partial charge in [0, 0.05) is 44.9 Å². The Morgan fingerprint density at radius 2 is 1.90 bits per heavy atom. The minimum Gasteiger partial charge on any atom is -0.351 e. The molecule has 1 amide bonds. The van der Waals surface area contributed by atoms with Crippen molar-refractivity contribution in [1.82, 2.24) is 24.6 Å². The minimum absolute atomic E-state index is 0.0352. The summed E-state index contributed by atoms with van der Waals surface area (Å²) in [7, 11) is 3.39. The predicted molar refractivity (Wildman–Crippen MR) is 105 cm³/mol. The number of aromatic nitrogens is 4. The highest BCUT2D eigenvalue weighted by atomic mass is 19.1. The molecular weight excluding hydrogens is 395 g/mol. The topological polar surface area (TPSA) is 64.7 Å². The molecule has 154 valence electrons.